The molecule has 3 heteroatoms. The zero-order valence-electron chi connectivity index (χ0n) is 7.72. The molecule has 1 unspecified atom stereocenters. The highest BCUT2D eigenvalue weighted by molar-refractivity contribution is 5.77. The monoisotopic (exact) mass is 157 g/mol. The summed E-state index contributed by atoms with van der Waals surface area (Å²) < 4.78 is 0. The summed E-state index contributed by atoms with van der Waals surface area (Å²) in [6, 6.07) is 0.490. The predicted octanol–water partition coefficient (Wildman–Crippen LogP) is 1.10. The first-order valence-electron chi connectivity index (χ1n) is 4.23. The Hall–Kier alpha value is -0.730. The highest BCUT2D eigenvalue weighted by atomic mass is 15.1. The summed E-state index contributed by atoms with van der Waals surface area (Å²) >= 11 is 0. The molecule has 66 valence electrons. The summed E-state index contributed by atoms with van der Waals surface area (Å²) in [5.74, 6) is 0.547. The molecule has 0 aromatic heterocycles. The molecular weight excluding hydrogens is 138 g/mol. The smallest absolute Gasteiger partial charge is 0.188 e. The first-order chi connectivity index (χ1) is 5.24. The lowest BCUT2D eigenvalue weighted by molar-refractivity contribution is 0.534. The highest BCUT2D eigenvalue weighted by Crippen LogP contribution is 1.99. The third-order valence-electron chi connectivity index (χ3n) is 1.72. The Labute approximate surface area is 69.1 Å². The molecule has 1 atom stereocenters. The van der Waals surface area contributed by atoms with Gasteiger partial charge in [-0.3, -0.25) is 4.99 Å². The van der Waals surface area contributed by atoms with Crippen molar-refractivity contribution in [3.05, 3.63) is 0 Å². The fourth-order valence-corrected chi connectivity index (χ4v) is 1.00. The Balaban J connectivity index is 3.68. The van der Waals surface area contributed by atoms with Gasteiger partial charge in [-0.15, -0.1) is 0 Å². The third kappa shape index (κ3) is 4.65. The van der Waals surface area contributed by atoms with Crippen molar-refractivity contribution in [3.63, 3.8) is 0 Å². The second-order valence-electron chi connectivity index (χ2n) is 2.65. The van der Waals surface area contributed by atoms with Crippen LogP contribution in [0.4, 0.5) is 0 Å². The van der Waals surface area contributed by atoms with E-state index < -0.39 is 0 Å². The Morgan fingerprint density at radius 3 is 2.55 bits per heavy atom. The average Bonchev–Trinajstić information content (AvgIpc) is 2.03. The standard InChI is InChI=1S/C8H19N3/c1-4-6-7(5-2)11-8(9)10-3/h7H,4-6H2,1-3H3,(H3,9,10,11). The molecule has 0 radical (unpaired) electrons. The van der Waals surface area contributed by atoms with E-state index in [1.54, 1.807) is 7.05 Å². The van der Waals surface area contributed by atoms with Crippen LogP contribution in [-0.2, 0) is 0 Å². The van der Waals surface area contributed by atoms with E-state index in [0.29, 0.717) is 12.0 Å². The highest BCUT2D eigenvalue weighted by Gasteiger charge is 2.03. The normalized spacial score (nSPS) is 14.6. The van der Waals surface area contributed by atoms with Crippen molar-refractivity contribution in [3.8, 4) is 0 Å². The van der Waals surface area contributed by atoms with Gasteiger partial charge in [0.1, 0.15) is 0 Å². The van der Waals surface area contributed by atoms with Crippen LogP contribution in [0.1, 0.15) is 33.1 Å². The second-order valence-corrected chi connectivity index (χ2v) is 2.65. The molecule has 0 aliphatic rings. The van der Waals surface area contributed by atoms with E-state index in [4.69, 9.17) is 5.73 Å². The van der Waals surface area contributed by atoms with E-state index in [1.165, 1.54) is 6.42 Å². The minimum absolute atomic E-state index is 0.490. The molecule has 0 aliphatic carbocycles. The molecule has 3 N–H and O–H groups in total. The van der Waals surface area contributed by atoms with Crippen molar-refractivity contribution in [2.75, 3.05) is 7.05 Å². The van der Waals surface area contributed by atoms with Gasteiger partial charge in [-0.05, 0) is 12.8 Å². The summed E-state index contributed by atoms with van der Waals surface area (Å²) in [5.41, 5.74) is 5.52. The van der Waals surface area contributed by atoms with Crippen LogP contribution >= 0.6 is 0 Å². The van der Waals surface area contributed by atoms with Crippen LogP contribution in [-0.4, -0.2) is 19.0 Å². The van der Waals surface area contributed by atoms with Gasteiger partial charge in [-0.2, -0.15) is 0 Å². The van der Waals surface area contributed by atoms with E-state index in [0.717, 1.165) is 12.8 Å². The summed E-state index contributed by atoms with van der Waals surface area (Å²) in [6.45, 7) is 4.32. The number of hydrogen-bond acceptors (Lipinski definition) is 1. The largest absolute Gasteiger partial charge is 0.370 e. The van der Waals surface area contributed by atoms with Crippen LogP contribution in [0.3, 0.4) is 0 Å². The first kappa shape index (κ1) is 10.3. The molecule has 0 spiro atoms. The summed E-state index contributed by atoms with van der Waals surface area (Å²) in [6.07, 6.45) is 3.44. The van der Waals surface area contributed by atoms with Gasteiger partial charge in [0.05, 0.1) is 0 Å². The maximum absolute atomic E-state index is 5.52. The fraction of sp³-hybridized carbons (Fsp3) is 0.875. The second kappa shape index (κ2) is 6.01. The SMILES string of the molecule is CCCC(CC)NC(N)=NC. The Kier molecular flexibility index (Phi) is 5.61. The van der Waals surface area contributed by atoms with Crippen LogP contribution in [0, 0.1) is 0 Å². The average molecular weight is 157 g/mol. The third-order valence-corrected chi connectivity index (χ3v) is 1.72. The van der Waals surface area contributed by atoms with Gasteiger partial charge in [0.25, 0.3) is 0 Å². The minimum atomic E-state index is 0.490. The zero-order chi connectivity index (χ0) is 8.69. The molecular formula is C8H19N3. The number of nitrogens with two attached hydrogens (primary N) is 1. The van der Waals surface area contributed by atoms with E-state index >= 15 is 0 Å². The van der Waals surface area contributed by atoms with Crippen molar-refractivity contribution in [1.82, 2.24) is 5.32 Å². The molecule has 0 aliphatic heterocycles. The first-order valence-corrected chi connectivity index (χ1v) is 4.23. The lowest BCUT2D eigenvalue weighted by Crippen LogP contribution is -2.39. The molecule has 0 rings (SSSR count). The van der Waals surface area contributed by atoms with Gasteiger partial charge >= 0.3 is 0 Å². The lowest BCUT2D eigenvalue weighted by atomic mass is 10.1. The van der Waals surface area contributed by atoms with Crippen molar-refractivity contribution < 1.29 is 0 Å². The molecule has 0 bridgehead atoms. The van der Waals surface area contributed by atoms with Crippen LogP contribution in [0.2, 0.25) is 0 Å². The predicted molar refractivity (Wildman–Crippen MR) is 49.7 cm³/mol. The quantitative estimate of drug-likeness (QED) is 0.474. The molecule has 0 aromatic carbocycles. The van der Waals surface area contributed by atoms with Crippen LogP contribution in [0.5, 0.6) is 0 Å². The topological polar surface area (TPSA) is 50.4 Å². The van der Waals surface area contributed by atoms with Crippen molar-refractivity contribution in [2.45, 2.75) is 39.2 Å². The molecule has 0 aromatic rings. The number of nitrogens with one attached hydrogen (secondary N) is 1. The summed E-state index contributed by atoms with van der Waals surface area (Å²) in [4.78, 5) is 3.84. The van der Waals surface area contributed by atoms with E-state index in [2.05, 4.69) is 24.2 Å². The molecule has 11 heavy (non-hydrogen) atoms. The molecule has 0 amide bonds. The van der Waals surface area contributed by atoms with Gasteiger partial charge in [0.2, 0.25) is 0 Å². The molecule has 0 fully saturated rings. The Morgan fingerprint density at radius 1 is 1.55 bits per heavy atom. The van der Waals surface area contributed by atoms with E-state index in [9.17, 15) is 0 Å². The summed E-state index contributed by atoms with van der Waals surface area (Å²) in [5, 5.41) is 3.14. The van der Waals surface area contributed by atoms with Crippen LogP contribution in [0.25, 0.3) is 0 Å². The Morgan fingerprint density at radius 2 is 2.18 bits per heavy atom. The van der Waals surface area contributed by atoms with Gasteiger partial charge in [0, 0.05) is 13.1 Å². The van der Waals surface area contributed by atoms with Crippen LogP contribution in [0.15, 0.2) is 4.99 Å². The number of guanidine groups is 1. The molecule has 0 heterocycles. The maximum atomic E-state index is 5.52. The lowest BCUT2D eigenvalue weighted by Gasteiger charge is -2.15. The zero-order valence-corrected chi connectivity index (χ0v) is 7.72. The number of rotatable bonds is 4. The van der Waals surface area contributed by atoms with Gasteiger partial charge in [-0.25, -0.2) is 0 Å². The number of aliphatic imine (C=N–C) groups is 1. The van der Waals surface area contributed by atoms with Crippen LogP contribution < -0.4 is 11.1 Å². The summed E-state index contributed by atoms with van der Waals surface area (Å²) in [7, 11) is 1.70. The fourth-order valence-electron chi connectivity index (χ4n) is 1.00. The van der Waals surface area contributed by atoms with Crippen molar-refractivity contribution >= 4 is 5.96 Å². The Bertz CT molecular complexity index is 121. The number of hydrogen-bond donors (Lipinski definition) is 2. The van der Waals surface area contributed by atoms with E-state index in [-0.39, 0.29) is 0 Å². The van der Waals surface area contributed by atoms with Gasteiger partial charge in [0.15, 0.2) is 5.96 Å². The van der Waals surface area contributed by atoms with Gasteiger partial charge < -0.3 is 11.1 Å². The molecule has 0 saturated carbocycles. The van der Waals surface area contributed by atoms with E-state index in [1.807, 2.05) is 0 Å². The van der Waals surface area contributed by atoms with Crippen molar-refractivity contribution in [2.24, 2.45) is 10.7 Å². The minimum Gasteiger partial charge on any atom is -0.370 e. The maximum Gasteiger partial charge on any atom is 0.188 e. The van der Waals surface area contributed by atoms with Gasteiger partial charge in [-0.1, -0.05) is 20.3 Å². The van der Waals surface area contributed by atoms with Crippen molar-refractivity contribution in [1.29, 1.82) is 0 Å². The molecule has 3 nitrogen and oxygen atoms in total. The molecule has 0 saturated heterocycles. The number of nitrogens with zero attached hydrogens (tertiary/aromatic N) is 1.